The van der Waals surface area contributed by atoms with E-state index in [2.05, 4.69) is 25.7 Å². The summed E-state index contributed by atoms with van der Waals surface area (Å²) in [7, 11) is 0. The maximum Gasteiger partial charge on any atom is 0.363 e. The Morgan fingerprint density at radius 3 is 2.86 bits per heavy atom. The zero-order valence-electron chi connectivity index (χ0n) is 16.0. The van der Waals surface area contributed by atoms with Crippen molar-refractivity contribution >= 4 is 23.6 Å². The quantitative estimate of drug-likeness (QED) is 0.432. The summed E-state index contributed by atoms with van der Waals surface area (Å²) in [5.41, 5.74) is 4.44. The standard InChI is InChI=1S/C20H20ClN5O3/c1-3-28-18-10-14(11-22-25-19-13(2)24-26-20(27)23-19)7-8-17(18)29-12-15-5-4-6-16(21)9-15/h4-11H,3,12H2,1-2H3,(H2,23,25,26,27)/b22-11+. The van der Waals surface area contributed by atoms with Crippen LogP contribution in [-0.2, 0) is 6.61 Å². The maximum atomic E-state index is 11.3. The van der Waals surface area contributed by atoms with Crippen LogP contribution in [-0.4, -0.2) is 28.0 Å². The molecule has 8 nitrogen and oxygen atoms in total. The van der Waals surface area contributed by atoms with E-state index in [1.165, 1.54) is 0 Å². The number of nitrogens with one attached hydrogen (secondary N) is 2. The van der Waals surface area contributed by atoms with Gasteiger partial charge in [0.05, 0.1) is 12.8 Å². The van der Waals surface area contributed by atoms with Crippen molar-refractivity contribution in [3.8, 4) is 11.5 Å². The molecule has 1 aromatic heterocycles. The predicted octanol–water partition coefficient (Wildman–Crippen LogP) is 3.55. The molecule has 9 heteroatoms. The van der Waals surface area contributed by atoms with E-state index in [0.717, 1.165) is 11.1 Å². The summed E-state index contributed by atoms with van der Waals surface area (Å²) in [5.74, 6) is 1.51. The van der Waals surface area contributed by atoms with E-state index in [4.69, 9.17) is 21.1 Å². The van der Waals surface area contributed by atoms with Crippen LogP contribution < -0.4 is 20.6 Å². The van der Waals surface area contributed by atoms with Crippen molar-refractivity contribution in [3.63, 3.8) is 0 Å². The Kier molecular flexibility index (Phi) is 6.80. The van der Waals surface area contributed by atoms with Gasteiger partial charge in [-0.15, -0.1) is 0 Å². The van der Waals surface area contributed by atoms with Crippen LogP contribution in [0.5, 0.6) is 11.5 Å². The average Bonchev–Trinajstić information content (AvgIpc) is 2.70. The van der Waals surface area contributed by atoms with Crippen LogP contribution >= 0.6 is 11.6 Å². The van der Waals surface area contributed by atoms with Gasteiger partial charge in [0, 0.05) is 5.02 Å². The van der Waals surface area contributed by atoms with Crippen molar-refractivity contribution in [2.24, 2.45) is 5.10 Å². The Morgan fingerprint density at radius 1 is 1.21 bits per heavy atom. The van der Waals surface area contributed by atoms with Crippen molar-refractivity contribution in [2.75, 3.05) is 12.0 Å². The zero-order valence-corrected chi connectivity index (χ0v) is 16.7. The first-order valence-corrected chi connectivity index (χ1v) is 9.29. The summed E-state index contributed by atoms with van der Waals surface area (Å²) in [6.45, 7) is 4.47. The van der Waals surface area contributed by atoms with Crippen LogP contribution in [0, 0.1) is 6.92 Å². The predicted molar refractivity (Wildman–Crippen MR) is 112 cm³/mol. The lowest BCUT2D eigenvalue weighted by Gasteiger charge is -2.13. The summed E-state index contributed by atoms with van der Waals surface area (Å²) >= 11 is 6.01. The van der Waals surface area contributed by atoms with E-state index in [0.29, 0.717) is 35.4 Å². The molecule has 0 aliphatic carbocycles. The van der Waals surface area contributed by atoms with Crippen molar-refractivity contribution in [1.29, 1.82) is 0 Å². The van der Waals surface area contributed by atoms with Gasteiger partial charge >= 0.3 is 5.69 Å². The number of H-pyrrole nitrogens is 1. The van der Waals surface area contributed by atoms with Gasteiger partial charge in [-0.3, -0.25) is 5.43 Å². The highest BCUT2D eigenvalue weighted by Crippen LogP contribution is 2.29. The van der Waals surface area contributed by atoms with E-state index in [-0.39, 0.29) is 5.82 Å². The number of ether oxygens (including phenoxy) is 2. The van der Waals surface area contributed by atoms with Gasteiger partial charge in [-0.2, -0.15) is 15.2 Å². The van der Waals surface area contributed by atoms with Gasteiger partial charge in [0.2, 0.25) is 0 Å². The van der Waals surface area contributed by atoms with Crippen LogP contribution in [0.4, 0.5) is 5.82 Å². The van der Waals surface area contributed by atoms with Crippen molar-refractivity contribution in [1.82, 2.24) is 15.2 Å². The molecule has 3 rings (SSSR count). The Bertz CT molecular complexity index is 1070. The van der Waals surface area contributed by atoms with E-state index < -0.39 is 5.69 Å². The third-order valence-electron chi connectivity index (χ3n) is 3.81. The molecule has 150 valence electrons. The molecule has 3 aromatic rings. The molecular formula is C20H20ClN5O3. The second kappa shape index (κ2) is 9.70. The maximum absolute atomic E-state index is 11.3. The number of anilines is 1. The minimum atomic E-state index is -0.548. The fourth-order valence-electron chi connectivity index (χ4n) is 2.45. The second-order valence-corrected chi connectivity index (χ2v) is 6.44. The van der Waals surface area contributed by atoms with Gasteiger partial charge in [0.25, 0.3) is 0 Å². The van der Waals surface area contributed by atoms with Gasteiger partial charge in [-0.1, -0.05) is 23.7 Å². The number of aryl methyl sites for hydroxylation is 1. The Hall–Kier alpha value is -3.39. The van der Waals surface area contributed by atoms with E-state index in [1.54, 1.807) is 13.1 Å². The van der Waals surface area contributed by atoms with E-state index >= 15 is 0 Å². The smallest absolute Gasteiger partial charge is 0.363 e. The molecule has 0 saturated heterocycles. The average molecular weight is 414 g/mol. The number of aromatic nitrogens is 3. The molecule has 0 aliphatic rings. The first kappa shape index (κ1) is 20.3. The van der Waals surface area contributed by atoms with Crippen LogP contribution in [0.2, 0.25) is 5.02 Å². The molecule has 2 N–H and O–H groups in total. The van der Waals surface area contributed by atoms with E-state index in [1.807, 2.05) is 49.4 Å². The van der Waals surface area contributed by atoms with Gasteiger partial charge in [0.1, 0.15) is 12.3 Å². The number of rotatable bonds is 8. The monoisotopic (exact) mass is 413 g/mol. The van der Waals surface area contributed by atoms with Crippen LogP contribution in [0.3, 0.4) is 0 Å². The van der Waals surface area contributed by atoms with Gasteiger partial charge in [-0.25, -0.2) is 9.89 Å². The number of hydrogen-bond donors (Lipinski definition) is 2. The minimum Gasteiger partial charge on any atom is -0.490 e. The number of benzene rings is 2. The normalized spacial score (nSPS) is 10.9. The van der Waals surface area contributed by atoms with Crippen molar-refractivity contribution in [2.45, 2.75) is 20.5 Å². The summed E-state index contributed by atoms with van der Waals surface area (Å²) in [6.07, 6.45) is 1.59. The molecular weight excluding hydrogens is 394 g/mol. The number of halogens is 1. The molecule has 2 aromatic carbocycles. The zero-order chi connectivity index (χ0) is 20.6. The Balaban J connectivity index is 1.71. The Labute approximate surface area is 172 Å². The van der Waals surface area contributed by atoms with Gasteiger partial charge < -0.3 is 9.47 Å². The van der Waals surface area contributed by atoms with Crippen LogP contribution in [0.1, 0.15) is 23.7 Å². The number of hydrazone groups is 1. The molecule has 1 heterocycles. The minimum absolute atomic E-state index is 0.288. The molecule has 0 amide bonds. The lowest BCUT2D eigenvalue weighted by molar-refractivity contribution is 0.269. The molecule has 0 bridgehead atoms. The lowest BCUT2D eigenvalue weighted by atomic mass is 10.2. The molecule has 29 heavy (non-hydrogen) atoms. The fourth-order valence-corrected chi connectivity index (χ4v) is 2.66. The number of aromatic amines is 1. The molecule has 0 radical (unpaired) electrons. The summed E-state index contributed by atoms with van der Waals surface area (Å²) in [6, 6.07) is 13.0. The van der Waals surface area contributed by atoms with E-state index in [9.17, 15) is 4.79 Å². The summed E-state index contributed by atoms with van der Waals surface area (Å²) in [4.78, 5) is 15.0. The largest absolute Gasteiger partial charge is 0.490 e. The molecule has 0 unspecified atom stereocenters. The SMILES string of the molecule is CCOc1cc(/C=N/Nc2nc(=O)[nH]nc2C)ccc1OCc1cccc(Cl)c1. The Morgan fingerprint density at radius 2 is 2.07 bits per heavy atom. The number of hydrogen-bond acceptors (Lipinski definition) is 7. The first-order chi connectivity index (χ1) is 14.0. The molecule has 0 fully saturated rings. The first-order valence-electron chi connectivity index (χ1n) is 8.91. The van der Waals surface area contributed by atoms with Crippen molar-refractivity contribution < 1.29 is 9.47 Å². The molecule has 0 atom stereocenters. The highest BCUT2D eigenvalue weighted by molar-refractivity contribution is 6.30. The van der Waals surface area contributed by atoms with Gasteiger partial charge in [-0.05, 0) is 55.3 Å². The number of nitrogens with zero attached hydrogens (tertiary/aromatic N) is 3. The third kappa shape index (κ3) is 5.79. The van der Waals surface area contributed by atoms with Gasteiger partial charge in [0.15, 0.2) is 17.3 Å². The van der Waals surface area contributed by atoms with Crippen LogP contribution in [0.25, 0.3) is 0 Å². The molecule has 0 spiro atoms. The second-order valence-electron chi connectivity index (χ2n) is 6.00. The summed E-state index contributed by atoms with van der Waals surface area (Å²) < 4.78 is 11.6. The highest BCUT2D eigenvalue weighted by Gasteiger charge is 2.07. The fraction of sp³-hybridized carbons (Fsp3) is 0.200. The molecule has 0 saturated carbocycles. The highest BCUT2D eigenvalue weighted by atomic mass is 35.5. The topological polar surface area (TPSA) is 101 Å². The van der Waals surface area contributed by atoms with Crippen molar-refractivity contribution in [3.05, 3.63) is 74.8 Å². The molecule has 0 aliphatic heterocycles. The third-order valence-corrected chi connectivity index (χ3v) is 4.05. The lowest BCUT2D eigenvalue weighted by Crippen LogP contribution is -2.15. The van der Waals surface area contributed by atoms with Crippen LogP contribution in [0.15, 0.2) is 52.4 Å². The summed E-state index contributed by atoms with van der Waals surface area (Å²) in [5, 5.41) is 10.8.